The molecule has 3 rings (SSSR count). The number of aryl methyl sites for hydroxylation is 1. The highest BCUT2D eigenvalue weighted by Gasteiger charge is 2.24. The molecule has 0 spiro atoms. The molecule has 120 valence electrons. The summed E-state index contributed by atoms with van der Waals surface area (Å²) in [6.45, 7) is 6.57. The molecule has 3 heterocycles. The monoisotopic (exact) mass is 322 g/mol. The molecule has 1 aliphatic heterocycles. The summed E-state index contributed by atoms with van der Waals surface area (Å²) in [5.41, 5.74) is 2.27. The first-order valence-corrected chi connectivity index (χ1v) is 8.33. The molecule has 2 aromatic heterocycles. The third-order valence-electron chi connectivity index (χ3n) is 4.47. The molecule has 2 aromatic rings. The van der Waals surface area contributed by atoms with Crippen molar-refractivity contribution in [3.8, 4) is 0 Å². The number of rotatable bonds is 3. The number of imidazole rings is 1. The van der Waals surface area contributed by atoms with Gasteiger partial charge in [0.25, 0.3) is 0 Å². The molecule has 0 saturated carbocycles. The number of H-pyrrole nitrogens is 1. The Labute approximate surface area is 135 Å². The maximum atomic E-state index is 11.9. The van der Waals surface area contributed by atoms with Crippen LogP contribution in [0.3, 0.4) is 0 Å². The smallest absolute Gasteiger partial charge is 0.327 e. The summed E-state index contributed by atoms with van der Waals surface area (Å²) in [6, 6.07) is 1.87. The van der Waals surface area contributed by atoms with Crippen LogP contribution in [0, 0.1) is 11.8 Å². The summed E-state index contributed by atoms with van der Waals surface area (Å²) < 4.78 is 1.51. The van der Waals surface area contributed by atoms with Crippen molar-refractivity contribution in [1.29, 1.82) is 0 Å². The highest BCUT2D eigenvalue weighted by Crippen LogP contribution is 2.31. The van der Waals surface area contributed by atoms with Crippen LogP contribution in [0.1, 0.15) is 33.1 Å². The van der Waals surface area contributed by atoms with Gasteiger partial charge in [0, 0.05) is 26.2 Å². The molecule has 22 heavy (non-hydrogen) atoms. The number of hydrogen-bond donors (Lipinski definition) is 1. The van der Waals surface area contributed by atoms with E-state index in [0.29, 0.717) is 22.6 Å². The van der Waals surface area contributed by atoms with Crippen molar-refractivity contribution in [2.24, 2.45) is 18.9 Å². The molecule has 1 N–H and O–H groups in total. The molecule has 5 nitrogen and oxygen atoms in total. The van der Waals surface area contributed by atoms with E-state index >= 15 is 0 Å². The lowest BCUT2D eigenvalue weighted by Crippen LogP contribution is -2.36. The number of nitrogens with one attached hydrogen (secondary N) is 1. The minimum absolute atomic E-state index is 0.151. The molecular formula is C16H23ClN4O. The van der Waals surface area contributed by atoms with Gasteiger partial charge in [-0.15, -0.1) is 0 Å². The number of nitrogens with zero attached hydrogens (tertiary/aromatic N) is 3. The van der Waals surface area contributed by atoms with Crippen LogP contribution in [-0.2, 0) is 7.05 Å². The molecule has 0 radical (unpaired) electrons. The molecule has 0 aromatic carbocycles. The molecule has 0 aliphatic carbocycles. The Morgan fingerprint density at radius 1 is 1.50 bits per heavy atom. The van der Waals surface area contributed by atoms with E-state index in [0.717, 1.165) is 24.3 Å². The van der Waals surface area contributed by atoms with E-state index in [9.17, 15) is 4.79 Å². The molecule has 1 atom stereocenters. The Bertz CT molecular complexity index is 734. The first-order chi connectivity index (χ1) is 10.5. The van der Waals surface area contributed by atoms with E-state index in [2.05, 4.69) is 28.7 Å². The number of anilines is 1. The lowest BCUT2D eigenvalue weighted by Gasteiger charge is -2.35. The standard InChI is InChI=1S/C16H23ClN4O/c1-10(2)7-11-5-4-6-21(9-11)12-8-13(17)18-15-14(12)19-16(22)20(15)3/h8,10-11H,4-7,9H2,1-3H3,(H,19,22). The first-order valence-electron chi connectivity index (χ1n) is 7.96. The van der Waals surface area contributed by atoms with Gasteiger partial charge in [-0.25, -0.2) is 9.78 Å². The van der Waals surface area contributed by atoms with Crippen LogP contribution in [0.15, 0.2) is 10.9 Å². The van der Waals surface area contributed by atoms with Gasteiger partial charge in [0.15, 0.2) is 5.65 Å². The Kier molecular flexibility index (Phi) is 4.17. The van der Waals surface area contributed by atoms with Crippen LogP contribution < -0.4 is 10.6 Å². The lowest BCUT2D eigenvalue weighted by atomic mass is 9.89. The van der Waals surface area contributed by atoms with Crippen LogP contribution in [0.2, 0.25) is 5.15 Å². The zero-order valence-corrected chi connectivity index (χ0v) is 14.2. The Morgan fingerprint density at radius 2 is 2.27 bits per heavy atom. The summed E-state index contributed by atoms with van der Waals surface area (Å²) in [4.78, 5) is 21.5. The Balaban J connectivity index is 1.98. The number of halogens is 1. The minimum Gasteiger partial charge on any atom is -0.369 e. The van der Waals surface area contributed by atoms with Crippen LogP contribution in [-0.4, -0.2) is 27.6 Å². The molecule has 6 heteroatoms. The Hall–Kier alpha value is -1.49. The van der Waals surface area contributed by atoms with E-state index in [-0.39, 0.29) is 5.69 Å². The third-order valence-corrected chi connectivity index (χ3v) is 4.66. The van der Waals surface area contributed by atoms with Crippen LogP contribution >= 0.6 is 11.6 Å². The third kappa shape index (κ3) is 2.86. The Morgan fingerprint density at radius 3 is 3.00 bits per heavy atom. The number of aromatic nitrogens is 3. The number of aromatic amines is 1. The molecule has 0 bridgehead atoms. The first kappa shape index (κ1) is 15.4. The van der Waals surface area contributed by atoms with Gasteiger partial charge in [-0.1, -0.05) is 25.4 Å². The zero-order valence-electron chi connectivity index (χ0n) is 13.4. The second kappa shape index (κ2) is 5.95. The predicted molar refractivity (Wildman–Crippen MR) is 90.7 cm³/mol. The molecular weight excluding hydrogens is 300 g/mol. The summed E-state index contributed by atoms with van der Waals surface area (Å²) >= 11 is 6.18. The van der Waals surface area contributed by atoms with Gasteiger partial charge in [0.05, 0.1) is 5.69 Å². The SMILES string of the molecule is CC(C)CC1CCCN(c2cc(Cl)nc3c2[nH]c(=O)n3C)C1. The van der Waals surface area contributed by atoms with Crippen molar-refractivity contribution in [3.63, 3.8) is 0 Å². The molecule has 0 amide bonds. The average molecular weight is 323 g/mol. The lowest BCUT2D eigenvalue weighted by molar-refractivity contribution is 0.347. The van der Waals surface area contributed by atoms with Crippen molar-refractivity contribution >= 4 is 28.5 Å². The topological polar surface area (TPSA) is 53.9 Å². The van der Waals surface area contributed by atoms with Crippen molar-refractivity contribution in [3.05, 3.63) is 21.7 Å². The quantitative estimate of drug-likeness (QED) is 0.883. The van der Waals surface area contributed by atoms with E-state index in [4.69, 9.17) is 11.6 Å². The highest BCUT2D eigenvalue weighted by molar-refractivity contribution is 6.30. The van der Waals surface area contributed by atoms with Gasteiger partial charge < -0.3 is 9.88 Å². The van der Waals surface area contributed by atoms with Gasteiger partial charge in [-0.2, -0.15) is 0 Å². The fraction of sp³-hybridized carbons (Fsp3) is 0.625. The summed E-state index contributed by atoms with van der Waals surface area (Å²) in [6.07, 6.45) is 3.70. The molecule has 1 saturated heterocycles. The van der Waals surface area contributed by atoms with Gasteiger partial charge in [-0.05, 0) is 31.1 Å². The van der Waals surface area contributed by atoms with E-state index in [1.807, 2.05) is 6.07 Å². The number of hydrogen-bond acceptors (Lipinski definition) is 3. The highest BCUT2D eigenvalue weighted by atomic mass is 35.5. The van der Waals surface area contributed by atoms with Crippen molar-refractivity contribution in [2.75, 3.05) is 18.0 Å². The van der Waals surface area contributed by atoms with Crippen molar-refractivity contribution in [1.82, 2.24) is 14.5 Å². The normalized spacial score (nSPS) is 19.3. The van der Waals surface area contributed by atoms with Gasteiger partial charge in [-0.3, -0.25) is 4.57 Å². The minimum atomic E-state index is -0.151. The van der Waals surface area contributed by atoms with E-state index in [1.54, 1.807) is 7.05 Å². The summed E-state index contributed by atoms with van der Waals surface area (Å²) in [7, 11) is 1.71. The van der Waals surface area contributed by atoms with Gasteiger partial charge in [0.1, 0.15) is 10.7 Å². The second-order valence-electron chi connectivity index (χ2n) is 6.74. The van der Waals surface area contributed by atoms with Crippen LogP contribution in [0.5, 0.6) is 0 Å². The van der Waals surface area contributed by atoms with E-state index < -0.39 is 0 Å². The van der Waals surface area contributed by atoms with Crippen molar-refractivity contribution in [2.45, 2.75) is 33.1 Å². The molecule has 1 fully saturated rings. The average Bonchev–Trinajstić information content (AvgIpc) is 2.74. The maximum absolute atomic E-state index is 11.9. The van der Waals surface area contributed by atoms with E-state index in [1.165, 1.54) is 23.8 Å². The summed E-state index contributed by atoms with van der Waals surface area (Å²) in [5, 5.41) is 0.433. The summed E-state index contributed by atoms with van der Waals surface area (Å²) in [5.74, 6) is 1.41. The number of piperidine rings is 1. The fourth-order valence-electron chi connectivity index (χ4n) is 3.53. The molecule has 1 unspecified atom stereocenters. The number of pyridine rings is 1. The van der Waals surface area contributed by atoms with Gasteiger partial charge in [0.2, 0.25) is 0 Å². The van der Waals surface area contributed by atoms with Crippen LogP contribution in [0.25, 0.3) is 11.2 Å². The zero-order chi connectivity index (χ0) is 15.9. The van der Waals surface area contributed by atoms with Crippen molar-refractivity contribution < 1.29 is 0 Å². The van der Waals surface area contributed by atoms with Gasteiger partial charge >= 0.3 is 5.69 Å². The van der Waals surface area contributed by atoms with Crippen LogP contribution in [0.4, 0.5) is 5.69 Å². The predicted octanol–water partition coefficient (Wildman–Crippen LogP) is 3.18. The fourth-order valence-corrected chi connectivity index (χ4v) is 3.71. The second-order valence-corrected chi connectivity index (χ2v) is 7.12. The number of fused-ring (bicyclic) bond motifs is 1. The maximum Gasteiger partial charge on any atom is 0.327 e. The largest absolute Gasteiger partial charge is 0.369 e. The molecule has 1 aliphatic rings.